The minimum absolute atomic E-state index is 0.0410. The van der Waals surface area contributed by atoms with Crippen LogP contribution in [0.5, 0.6) is 0 Å². The smallest absolute Gasteiger partial charge is 0.317 e. The maximum Gasteiger partial charge on any atom is 0.317 e. The number of hydrogen-bond donors (Lipinski definition) is 2. The summed E-state index contributed by atoms with van der Waals surface area (Å²) in [5.41, 5.74) is 2.77. The number of carbonyl (C=O) groups is 2. The molecule has 2 N–H and O–H groups in total. The van der Waals surface area contributed by atoms with E-state index in [4.69, 9.17) is 5.11 Å². The normalized spacial score (nSPS) is 16.5. The number of nitrogens with one attached hydrogen (secondary N) is 1. The molecule has 1 aromatic rings. The lowest BCUT2D eigenvalue weighted by Gasteiger charge is -2.21. The highest BCUT2D eigenvalue weighted by atomic mass is 32.1. The Hall–Kier alpha value is -1.67. The number of amides is 2. The van der Waals surface area contributed by atoms with Crippen LogP contribution in [0.1, 0.15) is 12.1 Å². The summed E-state index contributed by atoms with van der Waals surface area (Å²) in [7, 11) is 0. The second kappa shape index (κ2) is 7.94. The molecule has 1 saturated heterocycles. The summed E-state index contributed by atoms with van der Waals surface area (Å²) in [6.07, 6.45) is 1.53. The average molecular weight is 312 g/mol. The number of nitrogens with zero attached hydrogens (tertiary/aromatic N) is 3. The van der Waals surface area contributed by atoms with E-state index in [-0.39, 0.29) is 12.6 Å². The van der Waals surface area contributed by atoms with Crippen LogP contribution in [-0.2, 0) is 11.2 Å². The van der Waals surface area contributed by atoms with Crippen LogP contribution in [0.15, 0.2) is 10.9 Å². The van der Waals surface area contributed by atoms with Gasteiger partial charge in [-0.15, -0.1) is 11.3 Å². The molecule has 1 aliphatic rings. The van der Waals surface area contributed by atoms with Crippen LogP contribution < -0.4 is 5.32 Å². The fourth-order valence-corrected chi connectivity index (χ4v) is 2.89. The van der Waals surface area contributed by atoms with Crippen LogP contribution in [0.4, 0.5) is 4.79 Å². The summed E-state index contributed by atoms with van der Waals surface area (Å²) in [5, 5.41) is 13.7. The quantitative estimate of drug-likeness (QED) is 0.826. The molecule has 0 aliphatic carbocycles. The number of carbonyl (C=O) groups excluding carboxylic acids is 1. The predicted molar refractivity (Wildman–Crippen MR) is 79.5 cm³/mol. The maximum absolute atomic E-state index is 12.1. The molecule has 2 rings (SSSR count). The first kappa shape index (κ1) is 15.7. The van der Waals surface area contributed by atoms with Gasteiger partial charge in [-0.3, -0.25) is 9.69 Å². The third kappa shape index (κ3) is 5.31. The Morgan fingerprint density at radius 3 is 2.90 bits per heavy atom. The highest BCUT2D eigenvalue weighted by Gasteiger charge is 2.19. The minimum Gasteiger partial charge on any atom is -0.480 e. The predicted octanol–water partition coefficient (Wildman–Crippen LogP) is 0.488. The van der Waals surface area contributed by atoms with Gasteiger partial charge in [-0.25, -0.2) is 9.78 Å². The summed E-state index contributed by atoms with van der Waals surface area (Å²) in [4.78, 5) is 30.6. The van der Waals surface area contributed by atoms with Crippen molar-refractivity contribution in [3.05, 3.63) is 16.6 Å². The van der Waals surface area contributed by atoms with Gasteiger partial charge in [0.25, 0.3) is 0 Å². The molecule has 0 bridgehead atoms. The molecule has 8 heteroatoms. The lowest BCUT2D eigenvalue weighted by atomic mass is 10.3. The summed E-state index contributed by atoms with van der Waals surface area (Å²) in [6.45, 7) is 3.16. The lowest BCUT2D eigenvalue weighted by molar-refractivity contribution is -0.138. The molecule has 1 fully saturated rings. The molecule has 2 amide bonds. The van der Waals surface area contributed by atoms with Crippen molar-refractivity contribution in [2.45, 2.75) is 12.8 Å². The van der Waals surface area contributed by atoms with Crippen molar-refractivity contribution in [2.75, 3.05) is 39.3 Å². The van der Waals surface area contributed by atoms with Gasteiger partial charge in [0.15, 0.2) is 0 Å². The standard InChI is InChI=1S/C13H20N4O3S/c18-12(19)8-16-4-1-5-17(7-6-16)13(20)14-3-2-11-9-21-10-15-11/h9-10H,1-8H2,(H,14,20)(H,18,19). The summed E-state index contributed by atoms with van der Waals surface area (Å²) >= 11 is 1.55. The van der Waals surface area contributed by atoms with Crippen molar-refractivity contribution in [3.8, 4) is 0 Å². The van der Waals surface area contributed by atoms with Crippen molar-refractivity contribution >= 4 is 23.3 Å². The van der Waals surface area contributed by atoms with Gasteiger partial charge in [0, 0.05) is 44.5 Å². The van der Waals surface area contributed by atoms with Gasteiger partial charge in [-0.05, 0) is 6.42 Å². The van der Waals surface area contributed by atoms with E-state index in [1.807, 2.05) is 10.3 Å². The third-order valence-electron chi connectivity index (χ3n) is 3.38. The zero-order valence-electron chi connectivity index (χ0n) is 11.8. The minimum atomic E-state index is -0.823. The Morgan fingerprint density at radius 1 is 1.33 bits per heavy atom. The van der Waals surface area contributed by atoms with Gasteiger partial charge in [-0.2, -0.15) is 0 Å². The Bertz CT molecular complexity index is 466. The first-order valence-corrected chi connectivity index (χ1v) is 7.93. The molecule has 0 aromatic carbocycles. The first-order valence-electron chi connectivity index (χ1n) is 6.99. The monoisotopic (exact) mass is 312 g/mol. The van der Waals surface area contributed by atoms with Crippen molar-refractivity contribution < 1.29 is 14.7 Å². The van der Waals surface area contributed by atoms with Crippen molar-refractivity contribution in [1.29, 1.82) is 0 Å². The molecule has 1 aliphatic heterocycles. The van der Waals surface area contributed by atoms with Gasteiger partial charge >= 0.3 is 12.0 Å². The highest BCUT2D eigenvalue weighted by Crippen LogP contribution is 2.04. The van der Waals surface area contributed by atoms with Crippen LogP contribution in [-0.4, -0.2) is 71.2 Å². The topological polar surface area (TPSA) is 85.8 Å². The Morgan fingerprint density at radius 2 is 2.19 bits per heavy atom. The summed E-state index contributed by atoms with van der Waals surface area (Å²) in [6, 6.07) is -0.0811. The van der Waals surface area contributed by atoms with Gasteiger partial charge in [0.1, 0.15) is 0 Å². The van der Waals surface area contributed by atoms with Crippen molar-refractivity contribution in [1.82, 2.24) is 20.1 Å². The molecule has 0 atom stereocenters. The number of thiazole rings is 1. The Labute approximate surface area is 127 Å². The molecule has 1 aromatic heterocycles. The average Bonchev–Trinajstić information content (AvgIpc) is 2.84. The third-order valence-corrected chi connectivity index (χ3v) is 4.01. The molecule has 116 valence electrons. The van der Waals surface area contributed by atoms with Gasteiger partial charge < -0.3 is 15.3 Å². The number of aliphatic carboxylic acids is 1. The van der Waals surface area contributed by atoms with Gasteiger partial charge in [0.05, 0.1) is 17.7 Å². The number of aromatic nitrogens is 1. The first-order chi connectivity index (χ1) is 10.1. The molecule has 21 heavy (non-hydrogen) atoms. The SMILES string of the molecule is O=C(O)CN1CCCN(C(=O)NCCc2cscn2)CC1. The molecular formula is C13H20N4O3S. The van der Waals surface area contributed by atoms with E-state index in [9.17, 15) is 9.59 Å². The highest BCUT2D eigenvalue weighted by molar-refractivity contribution is 7.07. The molecule has 0 saturated carbocycles. The second-order valence-corrected chi connectivity index (χ2v) is 5.69. The summed E-state index contributed by atoms with van der Waals surface area (Å²) < 4.78 is 0. The zero-order valence-corrected chi connectivity index (χ0v) is 12.6. The van der Waals surface area contributed by atoms with Crippen LogP contribution >= 0.6 is 11.3 Å². The van der Waals surface area contributed by atoms with Crippen molar-refractivity contribution in [3.63, 3.8) is 0 Å². The number of rotatable bonds is 5. The number of carboxylic acid groups (broad SMARTS) is 1. The van der Waals surface area contributed by atoms with Crippen LogP contribution in [0.25, 0.3) is 0 Å². The molecule has 7 nitrogen and oxygen atoms in total. The van der Waals surface area contributed by atoms with E-state index in [0.29, 0.717) is 26.2 Å². The molecule has 0 unspecified atom stereocenters. The number of urea groups is 1. The van der Waals surface area contributed by atoms with Crippen LogP contribution in [0.3, 0.4) is 0 Å². The Kier molecular flexibility index (Phi) is 5.94. The molecular weight excluding hydrogens is 292 g/mol. The van der Waals surface area contributed by atoms with E-state index in [2.05, 4.69) is 10.3 Å². The Balaban J connectivity index is 1.71. The number of hydrogen-bond acceptors (Lipinski definition) is 5. The maximum atomic E-state index is 12.1. The molecule has 0 radical (unpaired) electrons. The fourth-order valence-electron chi connectivity index (χ4n) is 2.29. The van der Waals surface area contributed by atoms with Gasteiger partial charge in [-0.1, -0.05) is 0 Å². The van der Waals surface area contributed by atoms with E-state index in [0.717, 1.165) is 25.1 Å². The van der Waals surface area contributed by atoms with E-state index in [1.54, 1.807) is 21.7 Å². The van der Waals surface area contributed by atoms with Gasteiger partial charge in [0.2, 0.25) is 0 Å². The largest absolute Gasteiger partial charge is 0.480 e. The lowest BCUT2D eigenvalue weighted by Crippen LogP contribution is -2.43. The van der Waals surface area contributed by atoms with E-state index < -0.39 is 5.97 Å². The summed E-state index contributed by atoms with van der Waals surface area (Å²) in [5.74, 6) is -0.823. The van der Waals surface area contributed by atoms with Crippen LogP contribution in [0, 0.1) is 0 Å². The number of carboxylic acids is 1. The van der Waals surface area contributed by atoms with E-state index >= 15 is 0 Å². The molecule has 2 heterocycles. The second-order valence-electron chi connectivity index (χ2n) is 4.97. The fraction of sp³-hybridized carbons (Fsp3) is 0.615. The van der Waals surface area contributed by atoms with Crippen molar-refractivity contribution in [2.24, 2.45) is 0 Å². The van der Waals surface area contributed by atoms with E-state index in [1.165, 1.54) is 0 Å². The van der Waals surface area contributed by atoms with Crippen LogP contribution in [0.2, 0.25) is 0 Å². The molecule has 0 spiro atoms. The zero-order chi connectivity index (χ0) is 15.1.